The molecule has 0 bridgehead atoms. The fourth-order valence-corrected chi connectivity index (χ4v) is 2.90. The van der Waals surface area contributed by atoms with E-state index in [0.29, 0.717) is 35.1 Å². The van der Waals surface area contributed by atoms with Crippen LogP contribution in [0.5, 0.6) is 5.75 Å². The number of nitrogens with zero attached hydrogens (tertiary/aromatic N) is 2. The smallest absolute Gasteiger partial charge is 0.254 e. The summed E-state index contributed by atoms with van der Waals surface area (Å²) in [5, 5.41) is 4.73. The molecule has 0 unspecified atom stereocenters. The van der Waals surface area contributed by atoms with E-state index in [9.17, 15) is 4.79 Å². The fourth-order valence-electron chi connectivity index (χ4n) is 2.77. The molecular formula is C21H21ClN2O3. The van der Waals surface area contributed by atoms with E-state index >= 15 is 0 Å². The molecule has 0 saturated carbocycles. The van der Waals surface area contributed by atoms with Crippen molar-refractivity contribution in [3.05, 3.63) is 70.9 Å². The average molecular weight is 385 g/mol. The predicted octanol–water partition coefficient (Wildman–Crippen LogP) is 5.06. The van der Waals surface area contributed by atoms with Gasteiger partial charge in [0.1, 0.15) is 11.4 Å². The molecule has 0 radical (unpaired) electrons. The van der Waals surface area contributed by atoms with E-state index in [4.69, 9.17) is 20.9 Å². The van der Waals surface area contributed by atoms with E-state index in [1.165, 1.54) is 0 Å². The molecule has 27 heavy (non-hydrogen) atoms. The zero-order valence-electron chi connectivity index (χ0n) is 15.3. The molecule has 3 aromatic rings. The van der Waals surface area contributed by atoms with Crippen LogP contribution in [0.1, 0.15) is 29.4 Å². The highest BCUT2D eigenvalue weighted by Gasteiger charge is 2.18. The van der Waals surface area contributed by atoms with Crippen LogP contribution in [0.15, 0.2) is 59.1 Å². The Morgan fingerprint density at radius 3 is 2.48 bits per heavy atom. The third kappa shape index (κ3) is 4.68. The lowest BCUT2D eigenvalue weighted by molar-refractivity contribution is 0.0739. The number of rotatable bonds is 7. The zero-order valence-corrected chi connectivity index (χ0v) is 16.1. The maximum absolute atomic E-state index is 12.8. The molecule has 2 aromatic carbocycles. The molecule has 0 spiro atoms. The van der Waals surface area contributed by atoms with Gasteiger partial charge in [0.15, 0.2) is 5.76 Å². The van der Waals surface area contributed by atoms with Crippen LogP contribution in [0.4, 0.5) is 0 Å². The van der Waals surface area contributed by atoms with Gasteiger partial charge in [0.25, 0.3) is 5.91 Å². The highest BCUT2D eigenvalue weighted by molar-refractivity contribution is 6.30. The molecule has 0 aliphatic rings. The van der Waals surface area contributed by atoms with E-state index in [-0.39, 0.29) is 5.91 Å². The minimum Gasteiger partial charge on any atom is -0.497 e. The van der Waals surface area contributed by atoms with Crippen molar-refractivity contribution in [1.29, 1.82) is 0 Å². The van der Waals surface area contributed by atoms with Crippen LogP contribution in [0.25, 0.3) is 11.3 Å². The Kier molecular flexibility index (Phi) is 6.14. The van der Waals surface area contributed by atoms with Gasteiger partial charge in [0.2, 0.25) is 0 Å². The lowest BCUT2D eigenvalue weighted by atomic mass is 10.1. The standard InChI is InChI=1S/C21H21ClN2O3/c1-3-12-24(21(25)16-4-8-17(22)9-5-16)14-18-13-20(27-23-18)15-6-10-19(26-2)11-7-15/h4-11,13H,3,12,14H2,1-2H3. The van der Waals surface area contributed by atoms with E-state index in [1.807, 2.05) is 37.3 Å². The third-order valence-electron chi connectivity index (χ3n) is 4.16. The van der Waals surface area contributed by atoms with Crippen molar-refractivity contribution in [2.45, 2.75) is 19.9 Å². The maximum atomic E-state index is 12.8. The molecule has 6 heteroatoms. The van der Waals surface area contributed by atoms with E-state index in [1.54, 1.807) is 36.3 Å². The fraction of sp³-hybridized carbons (Fsp3) is 0.238. The lowest BCUT2D eigenvalue weighted by Crippen LogP contribution is -2.31. The SMILES string of the molecule is CCCN(Cc1cc(-c2ccc(OC)cc2)on1)C(=O)c1ccc(Cl)cc1. The second-order valence-corrected chi connectivity index (χ2v) is 6.58. The molecule has 0 saturated heterocycles. The molecule has 0 fully saturated rings. The highest BCUT2D eigenvalue weighted by Crippen LogP contribution is 2.24. The summed E-state index contributed by atoms with van der Waals surface area (Å²) in [7, 11) is 1.63. The predicted molar refractivity (Wildman–Crippen MR) is 105 cm³/mol. The van der Waals surface area contributed by atoms with Crippen molar-refractivity contribution in [3.8, 4) is 17.1 Å². The van der Waals surface area contributed by atoms with Gasteiger partial charge in [0, 0.05) is 28.8 Å². The number of aromatic nitrogens is 1. The molecule has 0 aliphatic carbocycles. The number of hydrogen-bond donors (Lipinski definition) is 0. The molecule has 5 nitrogen and oxygen atoms in total. The van der Waals surface area contributed by atoms with Crippen LogP contribution in [0.2, 0.25) is 5.02 Å². The summed E-state index contributed by atoms with van der Waals surface area (Å²) in [6.45, 7) is 3.05. The van der Waals surface area contributed by atoms with Crippen molar-refractivity contribution in [2.24, 2.45) is 0 Å². The topological polar surface area (TPSA) is 55.6 Å². The van der Waals surface area contributed by atoms with E-state index in [0.717, 1.165) is 17.7 Å². The Bertz CT molecular complexity index is 889. The lowest BCUT2D eigenvalue weighted by Gasteiger charge is -2.21. The first kappa shape index (κ1) is 19.0. The number of hydrogen-bond acceptors (Lipinski definition) is 4. The van der Waals surface area contributed by atoms with Crippen LogP contribution in [0, 0.1) is 0 Å². The monoisotopic (exact) mass is 384 g/mol. The van der Waals surface area contributed by atoms with Crippen LogP contribution in [-0.4, -0.2) is 29.6 Å². The largest absolute Gasteiger partial charge is 0.497 e. The van der Waals surface area contributed by atoms with Crippen molar-refractivity contribution in [1.82, 2.24) is 10.1 Å². The number of methoxy groups -OCH3 is 1. The Morgan fingerprint density at radius 2 is 1.85 bits per heavy atom. The molecule has 1 aromatic heterocycles. The van der Waals surface area contributed by atoms with Crippen LogP contribution in [0.3, 0.4) is 0 Å². The van der Waals surface area contributed by atoms with Crippen molar-refractivity contribution in [3.63, 3.8) is 0 Å². The average Bonchev–Trinajstić information content (AvgIpc) is 3.16. The van der Waals surface area contributed by atoms with Gasteiger partial charge in [-0.05, 0) is 55.0 Å². The van der Waals surface area contributed by atoms with Gasteiger partial charge < -0.3 is 14.2 Å². The summed E-state index contributed by atoms with van der Waals surface area (Å²) in [4.78, 5) is 14.6. The van der Waals surface area contributed by atoms with Crippen molar-refractivity contribution >= 4 is 17.5 Å². The number of amides is 1. The number of halogens is 1. The van der Waals surface area contributed by atoms with Gasteiger partial charge >= 0.3 is 0 Å². The number of carbonyl (C=O) groups excluding carboxylic acids is 1. The summed E-state index contributed by atoms with van der Waals surface area (Å²) in [5.74, 6) is 1.38. The molecule has 1 amide bonds. The number of ether oxygens (including phenoxy) is 1. The zero-order chi connectivity index (χ0) is 19.2. The summed E-state index contributed by atoms with van der Waals surface area (Å²) in [5.41, 5.74) is 2.21. The van der Waals surface area contributed by atoms with Gasteiger partial charge in [-0.2, -0.15) is 0 Å². The number of benzene rings is 2. The third-order valence-corrected chi connectivity index (χ3v) is 4.41. The number of carbonyl (C=O) groups is 1. The maximum Gasteiger partial charge on any atom is 0.254 e. The first-order valence-electron chi connectivity index (χ1n) is 8.75. The molecule has 0 aliphatic heterocycles. The van der Waals surface area contributed by atoms with E-state index < -0.39 is 0 Å². The molecule has 0 N–H and O–H groups in total. The minimum atomic E-state index is -0.0532. The molecule has 0 atom stereocenters. The van der Waals surface area contributed by atoms with Crippen LogP contribution >= 0.6 is 11.6 Å². The molecular weight excluding hydrogens is 364 g/mol. The van der Waals surface area contributed by atoms with Gasteiger partial charge in [-0.25, -0.2) is 0 Å². The summed E-state index contributed by atoms with van der Waals surface area (Å²) in [6, 6.07) is 16.3. The molecule has 140 valence electrons. The second kappa shape index (κ2) is 8.73. The minimum absolute atomic E-state index is 0.0532. The Hall–Kier alpha value is -2.79. The second-order valence-electron chi connectivity index (χ2n) is 6.14. The first-order chi connectivity index (χ1) is 13.1. The highest BCUT2D eigenvalue weighted by atomic mass is 35.5. The Morgan fingerprint density at radius 1 is 1.15 bits per heavy atom. The Labute approximate surface area is 163 Å². The van der Waals surface area contributed by atoms with Gasteiger partial charge in [0.05, 0.1) is 13.7 Å². The van der Waals surface area contributed by atoms with Gasteiger partial charge in [-0.15, -0.1) is 0 Å². The first-order valence-corrected chi connectivity index (χ1v) is 9.13. The van der Waals surface area contributed by atoms with Crippen LogP contribution < -0.4 is 4.74 Å². The van der Waals surface area contributed by atoms with E-state index in [2.05, 4.69) is 5.16 Å². The summed E-state index contributed by atoms with van der Waals surface area (Å²) >= 11 is 5.91. The van der Waals surface area contributed by atoms with Crippen molar-refractivity contribution in [2.75, 3.05) is 13.7 Å². The van der Waals surface area contributed by atoms with Gasteiger partial charge in [-0.3, -0.25) is 4.79 Å². The summed E-state index contributed by atoms with van der Waals surface area (Å²) < 4.78 is 10.6. The van der Waals surface area contributed by atoms with Crippen molar-refractivity contribution < 1.29 is 14.1 Å². The summed E-state index contributed by atoms with van der Waals surface area (Å²) in [6.07, 6.45) is 0.850. The quantitative estimate of drug-likeness (QED) is 0.571. The van der Waals surface area contributed by atoms with Crippen LogP contribution in [-0.2, 0) is 6.54 Å². The normalized spacial score (nSPS) is 10.6. The van der Waals surface area contributed by atoms with Gasteiger partial charge in [-0.1, -0.05) is 23.7 Å². The molecule has 1 heterocycles. The Balaban J connectivity index is 1.75. The molecule has 3 rings (SSSR count).